The van der Waals surface area contributed by atoms with Crippen LogP contribution >= 0.6 is 0 Å². The number of hydrogen-bond acceptors (Lipinski definition) is 4. The summed E-state index contributed by atoms with van der Waals surface area (Å²) in [5.74, 6) is 0.308. The highest BCUT2D eigenvalue weighted by Crippen LogP contribution is 2.23. The molecule has 0 bridgehead atoms. The van der Waals surface area contributed by atoms with Gasteiger partial charge in [-0.2, -0.15) is 0 Å². The van der Waals surface area contributed by atoms with Gasteiger partial charge in [0.25, 0.3) is 5.91 Å². The van der Waals surface area contributed by atoms with Gasteiger partial charge in [-0.25, -0.2) is 9.18 Å². The molecule has 2 aromatic rings. The van der Waals surface area contributed by atoms with Gasteiger partial charge in [-0.1, -0.05) is 6.07 Å². The lowest BCUT2D eigenvalue weighted by Gasteiger charge is -2.19. The van der Waals surface area contributed by atoms with Crippen molar-refractivity contribution in [3.8, 4) is 11.5 Å². The maximum absolute atomic E-state index is 13.2. The number of halogens is 1. The third-order valence-electron chi connectivity index (χ3n) is 3.76. The number of anilines is 1. The average molecular weight is 343 g/mol. The molecular weight excluding hydrogens is 325 g/mol. The summed E-state index contributed by atoms with van der Waals surface area (Å²) in [6.07, 6.45) is 0. The van der Waals surface area contributed by atoms with Crippen molar-refractivity contribution in [2.24, 2.45) is 0 Å². The molecule has 0 aliphatic carbocycles. The molecule has 0 aromatic heterocycles. The second-order valence-corrected chi connectivity index (χ2v) is 5.67. The monoisotopic (exact) mass is 343 g/mol. The molecule has 6 nitrogen and oxygen atoms in total. The fraction of sp³-hybridized carbons (Fsp3) is 0.222. The van der Waals surface area contributed by atoms with Crippen LogP contribution in [0.5, 0.6) is 11.5 Å². The second kappa shape index (κ2) is 7.21. The molecule has 0 spiro atoms. The summed E-state index contributed by atoms with van der Waals surface area (Å²) in [4.78, 5) is 25.0. The number of carbonyl (C=O) groups is 2. The third-order valence-corrected chi connectivity index (χ3v) is 3.76. The number of ether oxygens (including phenoxy) is 1. The Kier molecular flexibility index (Phi) is 4.83. The van der Waals surface area contributed by atoms with Gasteiger partial charge in [-0.05, 0) is 43.3 Å². The largest absolute Gasteiger partial charge is 0.457 e. The van der Waals surface area contributed by atoms with Crippen molar-refractivity contribution >= 4 is 17.6 Å². The van der Waals surface area contributed by atoms with E-state index < -0.39 is 6.04 Å². The Balaban J connectivity index is 1.60. The fourth-order valence-electron chi connectivity index (χ4n) is 2.51. The van der Waals surface area contributed by atoms with Crippen molar-refractivity contribution in [2.45, 2.75) is 13.0 Å². The molecule has 1 fully saturated rings. The van der Waals surface area contributed by atoms with Crippen LogP contribution in [0.2, 0.25) is 0 Å². The smallest absolute Gasteiger partial charge is 0.324 e. The van der Waals surface area contributed by atoms with Gasteiger partial charge in [0, 0.05) is 24.8 Å². The summed E-state index contributed by atoms with van der Waals surface area (Å²) in [6, 6.07) is 11.9. The van der Waals surface area contributed by atoms with Crippen molar-refractivity contribution in [3.63, 3.8) is 0 Å². The Morgan fingerprint density at radius 2 is 2.00 bits per heavy atom. The van der Waals surface area contributed by atoms with Crippen molar-refractivity contribution in [1.29, 1.82) is 0 Å². The predicted molar refractivity (Wildman–Crippen MR) is 91.1 cm³/mol. The van der Waals surface area contributed by atoms with Crippen LogP contribution in [0.3, 0.4) is 0 Å². The van der Waals surface area contributed by atoms with E-state index in [0.29, 0.717) is 30.3 Å². The standard InChI is InChI=1S/C18H18FN3O3/c1-12(17(23)22-10-9-20-18(22)24)21-14-5-7-15(8-6-14)25-16-4-2-3-13(19)11-16/h2-8,11-12,21H,9-10H2,1H3,(H,20,24). The van der Waals surface area contributed by atoms with Gasteiger partial charge in [-0.15, -0.1) is 0 Å². The molecule has 3 rings (SSSR count). The van der Waals surface area contributed by atoms with Gasteiger partial charge in [0.1, 0.15) is 23.4 Å². The van der Waals surface area contributed by atoms with E-state index >= 15 is 0 Å². The number of nitrogens with zero attached hydrogens (tertiary/aromatic N) is 1. The fourth-order valence-corrected chi connectivity index (χ4v) is 2.51. The minimum atomic E-state index is -0.543. The van der Waals surface area contributed by atoms with Gasteiger partial charge in [-0.3, -0.25) is 9.69 Å². The number of benzene rings is 2. The third kappa shape index (κ3) is 4.06. The molecule has 2 aromatic carbocycles. The molecule has 3 amide bonds. The van der Waals surface area contributed by atoms with Crippen LogP contribution in [0, 0.1) is 5.82 Å². The summed E-state index contributed by atoms with van der Waals surface area (Å²) in [6.45, 7) is 2.55. The maximum Gasteiger partial charge on any atom is 0.324 e. The highest BCUT2D eigenvalue weighted by molar-refractivity contribution is 5.99. The van der Waals surface area contributed by atoms with Crippen molar-refractivity contribution in [2.75, 3.05) is 18.4 Å². The van der Waals surface area contributed by atoms with E-state index in [1.165, 1.54) is 17.0 Å². The quantitative estimate of drug-likeness (QED) is 0.876. The molecule has 0 radical (unpaired) electrons. The molecular formula is C18H18FN3O3. The summed E-state index contributed by atoms with van der Waals surface area (Å²) in [7, 11) is 0. The lowest BCUT2D eigenvalue weighted by molar-refractivity contribution is -0.128. The molecule has 0 saturated carbocycles. The Hall–Kier alpha value is -3.09. The molecule has 25 heavy (non-hydrogen) atoms. The van der Waals surface area contributed by atoms with Crippen LogP contribution in [0.25, 0.3) is 0 Å². The van der Waals surface area contributed by atoms with Gasteiger partial charge in [0.05, 0.1) is 0 Å². The number of urea groups is 1. The minimum absolute atomic E-state index is 0.282. The SMILES string of the molecule is CC(Nc1ccc(Oc2cccc(F)c2)cc1)C(=O)N1CCNC1=O. The van der Waals surface area contributed by atoms with E-state index in [2.05, 4.69) is 10.6 Å². The highest BCUT2D eigenvalue weighted by atomic mass is 19.1. The first-order valence-electron chi connectivity index (χ1n) is 7.92. The zero-order valence-electron chi connectivity index (χ0n) is 13.7. The second-order valence-electron chi connectivity index (χ2n) is 5.67. The molecule has 1 unspecified atom stereocenters. The van der Waals surface area contributed by atoms with Crippen LogP contribution in [-0.2, 0) is 4.79 Å². The zero-order valence-corrected chi connectivity index (χ0v) is 13.7. The number of imide groups is 1. The van der Waals surface area contributed by atoms with Crippen LogP contribution in [0.15, 0.2) is 48.5 Å². The number of carbonyl (C=O) groups excluding carboxylic acids is 2. The first kappa shape index (κ1) is 16.8. The van der Waals surface area contributed by atoms with Crippen LogP contribution < -0.4 is 15.4 Å². The molecule has 130 valence electrons. The van der Waals surface area contributed by atoms with E-state index in [9.17, 15) is 14.0 Å². The highest BCUT2D eigenvalue weighted by Gasteiger charge is 2.29. The van der Waals surface area contributed by atoms with E-state index in [4.69, 9.17) is 4.74 Å². The van der Waals surface area contributed by atoms with Gasteiger partial charge in [0.15, 0.2) is 0 Å². The first-order chi connectivity index (χ1) is 12.0. The molecule has 1 saturated heterocycles. The number of hydrogen-bond donors (Lipinski definition) is 2. The summed E-state index contributed by atoms with van der Waals surface area (Å²) in [5.41, 5.74) is 0.715. The summed E-state index contributed by atoms with van der Waals surface area (Å²) in [5, 5.41) is 5.65. The molecule has 1 aliphatic heterocycles. The topological polar surface area (TPSA) is 70.7 Å². The Morgan fingerprint density at radius 1 is 1.24 bits per heavy atom. The van der Waals surface area contributed by atoms with Crippen molar-refractivity contribution in [3.05, 3.63) is 54.3 Å². The molecule has 2 N–H and O–H groups in total. The Morgan fingerprint density at radius 3 is 2.64 bits per heavy atom. The minimum Gasteiger partial charge on any atom is -0.457 e. The Bertz CT molecular complexity index is 779. The lowest BCUT2D eigenvalue weighted by Crippen LogP contribution is -2.43. The van der Waals surface area contributed by atoms with E-state index in [0.717, 1.165) is 0 Å². The van der Waals surface area contributed by atoms with Gasteiger partial charge < -0.3 is 15.4 Å². The summed E-state index contributed by atoms with van der Waals surface area (Å²) >= 11 is 0. The summed E-state index contributed by atoms with van der Waals surface area (Å²) < 4.78 is 18.7. The normalized spacial score (nSPS) is 14.8. The Labute approximate surface area is 144 Å². The molecule has 1 atom stereocenters. The number of rotatable bonds is 5. The number of amides is 3. The van der Waals surface area contributed by atoms with Crippen molar-refractivity contribution in [1.82, 2.24) is 10.2 Å². The van der Waals surface area contributed by atoms with Gasteiger partial charge >= 0.3 is 6.03 Å². The molecule has 1 heterocycles. The molecule has 1 aliphatic rings. The van der Waals surface area contributed by atoms with E-state index in [1.807, 2.05) is 0 Å². The van der Waals surface area contributed by atoms with Gasteiger partial charge in [0.2, 0.25) is 0 Å². The average Bonchev–Trinajstić information content (AvgIpc) is 3.02. The van der Waals surface area contributed by atoms with Crippen LogP contribution in [0.4, 0.5) is 14.9 Å². The van der Waals surface area contributed by atoms with E-state index in [-0.39, 0.29) is 17.8 Å². The van der Waals surface area contributed by atoms with Crippen molar-refractivity contribution < 1.29 is 18.7 Å². The van der Waals surface area contributed by atoms with Crippen LogP contribution in [-0.4, -0.2) is 36.0 Å². The van der Waals surface area contributed by atoms with E-state index in [1.54, 1.807) is 43.3 Å². The lowest BCUT2D eigenvalue weighted by atomic mass is 10.2. The zero-order chi connectivity index (χ0) is 17.8. The predicted octanol–water partition coefficient (Wildman–Crippen LogP) is 2.97. The number of nitrogens with one attached hydrogen (secondary N) is 2. The molecule has 7 heteroatoms. The first-order valence-corrected chi connectivity index (χ1v) is 7.92. The maximum atomic E-state index is 13.2. The van der Waals surface area contributed by atoms with Crippen LogP contribution in [0.1, 0.15) is 6.92 Å².